The van der Waals surface area contributed by atoms with E-state index in [-0.39, 0.29) is 19.8 Å². The summed E-state index contributed by atoms with van der Waals surface area (Å²) in [5.41, 5.74) is -1.33. The SMILES string of the molecule is COC[C@H]1O[C@@H](n2ccc(=O)[nH]c2=O)[C@H](OC)[C@@H]1OP(=O)(O)O[C@H]1CCO[C@@H]1CO. The van der Waals surface area contributed by atoms with Gasteiger partial charge in [-0.25, -0.2) is 9.36 Å². The number of rotatable bonds is 9. The average Bonchev–Trinajstić information content (AvgIpc) is 3.25. The van der Waals surface area contributed by atoms with Crippen molar-refractivity contribution in [2.24, 2.45) is 0 Å². The van der Waals surface area contributed by atoms with Crippen molar-refractivity contribution in [3.05, 3.63) is 33.1 Å². The molecule has 14 heteroatoms. The van der Waals surface area contributed by atoms with Crippen molar-refractivity contribution in [2.75, 3.05) is 34.0 Å². The number of H-pyrrole nitrogens is 1. The Kier molecular flexibility index (Phi) is 7.61. The van der Waals surface area contributed by atoms with Gasteiger partial charge < -0.3 is 28.9 Å². The first-order valence-corrected chi connectivity index (χ1v) is 10.7. The monoisotopic (exact) mass is 452 g/mol. The predicted molar refractivity (Wildman–Crippen MR) is 98.9 cm³/mol. The highest BCUT2D eigenvalue weighted by molar-refractivity contribution is 7.47. The van der Waals surface area contributed by atoms with Gasteiger partial charge in [-0.15, -0.1) is 0 Å². The number of hydrogen-bond donors (Lipinski definition) is 3. The Morgan fingerprint density at radius 3 is 2.67 bits per heavy atom. The van der Waals surface area contributed by atoms with E-state index in [2.05, 4.69) is 4.98 Å². The van der Waals surface area contributed by atoms with Crippen LogP contribution in [0.25, 0.3) is 0 Å². The van der Waals surface area contributed by atoms with Gasteiger partial charge in [-0.3, -0.25) is 23.4 Å². The van der Waals surface area contributed by atoms with Crippen LogP contribution in [0, 0.1) is 0 Å². The van der Waals surface area contributed by atoms with Crippen LogP contribution < -0.4 is 11.2 Å². The number of methoxy groups -OCH3 is 2. The Morgan fingerprint density at radius 1 is 1.27 bits per heavy atom. The summed E-state index contributed by atoms with van der Waals surface area (Å²) >= 11 is 0. The number of aromatic amines is 1. The van der Waals surface area contributed by atoms with Crippen molar-refractivity contribution in [1.29, 1.82) is 0 Å². The lowest BCUT2D eigenvalue weighted by atomic mass is 10.1. The summed E-state index contributed by atoms with van der Waals surface area (Å²) in [6.07, 6.45) is -4.14. The number of phosphoric acid groups is 1. The summed E-state index contributed by atoms with van der Waals surface area (Å²) in [7, 11) is -1.92. The number of hydrogen-bond acceptors (Lipinski definition) is 10. The summed E-state index contributed by atoms with van der Waals surface area (Å²) in [4.78, 5) is 35.9. The number of ether oxygens (including phenoxy) is 4. The van der Waals surface area contributed by atoms with Crippen LogP contribution in [0.5, 0.6) is 0 Å². The van der Waals surface area contributed by atoms with Gasteiger partial charge in [0.2, 0.25) is 0 Å². The summed E-state index contributed by atoms with van der Waals surface area (Å²) in [6, 6.07) is 1.13. The Bertz CT molecular complexity index is 873. The van der Waals surface area contributed by atoms with Crippen LogP contribution in [0.2, 0.25) is 0 Å². The van der Waals surface area contributed by atoms with Crippen molar-refractivity contribution in [1.82, 2.24) is 9.55 Å². The lowest BCUT2D eigenvalue weighted by Crippen LogP contribution is -2.40. The molecule has 3 rings (SSSR count). The second-order valence-electron chi connectivity index (χ2n) is 6.80. The van der Waals surface area contributed by atoms with Crippen molar-refractivity contribution in [3.8, 4) is 0 Å². The van der Waals surface area contributed by atoms with Gasteiger partial charge >= 0.3 is 13.5 Å². The second kappa shape index (κ2) is 9.81. The first kappa shape index (κ1) is 23.3. The molecule has 0 aromatic carbocycles. The first-order chi connectivity index (χ1) is 14.3. The van der Waals surface area contributed by atoms with Gasteiger partial charge in [0.15, 0.2) is 6.23 Å². The van der Waals surface area contributed by atoms with Crippen LogP contribution >= 0.6 is 7.82 Å². The van der Waals surface area contributed by atoms with E-state index >= 15 is 0 Å². The van der Waals surface area contributed by atoms with Crippen molar-refractivity contribution >= 4 is 7.82 Å². The minimum atomic E-state index is -4.64. The molecule has 3 heterocycles. The minimum absolute atomic E-state index is 0.0368. The third-order valence-corrected chi connectivity index (χ3v) is 5.91. The lowest BCUT2D eigenvalue weighted by Gasteiger charge is -2.27. The number of aromatic nitrogens is 2. The smallest absolute Gasteiger partial charge is 0.394 e. The molecule has 7 atom stereocenters. The van der Waals surface area contributed by atoms with Crippen LogP contribution in [-0.4, -0.2) is 84.1 Å². The number of nitrogens with one attached hydrogen (secondary N) is 1. The maximum Gasteiger partial charge on any atom is 0.473 e. The van der Waals surface area contributed by atoms with E-state index in [0.717, 1.165) is 10.6 Å². The number of aliphatic hydroxyl groups is 1. The minimum Gasteiger partial charge on any atom is -0.394 e. The summed E-state index contributed by atoms with van der Waals surface area (Å²) in [5.74, 6) is 0. The molecular formula is C16H25N2O11P. The van der Waals surface area contributed by atoms with Crippen LogP contribution in [0.3, 0.4) is 0 Å². The topological polar surface area (TPSA) is 168 Å². The van der Waals surface area contributed by atoms with Gasteiger partial charge in [0.25, 0.3) is 5.56 Å². The van der Waals surface area contributed by atoms with Crippen molar-refractivity contribution in [2.45, 2.75) is 43.2 Å². The molecule has 2 fully saturated rings. The normalized spacial score (nSPS) is 33.6. The van der Waals surface area contributed by atoms with Gasteiger partial charge in [-0.1, -0.05) is 0 Å². The Labute approximate surface area is 171 Å². The van der Waals surface area contributed by atoms with Gasteiger partial charge in [-0.2, -0.15) is 0 Å². The molecule has 0 amide bonds. The molecule has 0 aliphatic carbocycles. The molecule has 0 bridgehead atoms. The lowest BCUT2D eigenvalue weighted by molar-refractivity contribution is -0.0670. The highest BCUT2D eigenvalue weighted by Crippen LogP contribution is 2.51. The third-order valence-electron chi connectivity index (χ3n) is 4.87. The van der Waals surface area contributed by atoms with Crippen molar-refractivity contribution < 1.29 is 42.6 Å². The summed E-state index contributed by atoms with van der Waals surface area (Å²) in [6.45, 7) is -0.140. The first-order valence-electron chi connectivity index (χ1n) is 9.20. The largest absolute Gasteiger partial charge is 0.473 e. The Balaban J connectivity index is 1.82. The quantitative estimate of drug-likeness (QED) is 0.383. The number of nitrogens with zero attached hydrogens (tertiary/aromatic N) is 1. The molecule has 170 valence electrons. The third kappa shape index (κ3) is 5.07. The van der Waals surface area contributed by atoms with E-state index in [0.29, 0.717) is 6.42 Å². The highest BCUT2D eigenvalue weighted by Gasteiger charge is 2.51. The molecule has 0 spiro atoms. The second-order valence-corrected chi connectivity index (χ2v) is 8.16. The van der Waals surface area contributed by atoms with E-state index in [1.807, 2.05) is 0 Å². The molecule has 13 nitrogen and oxygen atoms in total. The average molecular weight is 452 g/mol. The van der Waals surface area contributed by atoms with E-state index in [1.54, 1.807) is 0 Å². The van der Waals surface area contributed by atoms with E-state index < -0.39 is 55.8 Å². The zero-order valence-corrected chi connectivity index (χ0v) is 17.3. The molecule has 2 aliphatic rings. The maximum atomic E-state index is 12.7. The molecule has 1 aromatic rings. The van der Waals surface area contributed by atoms with Gasteiger partial charge in [0.05, 0.1) is 13.2 Å². The molecule has 30 heavy (non-hydrogen) atoms. The highest BCUT2D eigenvalue weighted by atomic mass is 31.2. The van der Waals surface area contributed by atoms with Gasteiger partial charge in [0, 0.05) is 39.5 Å². The zero-order chi connectivity index (χ0) is 21.9. The summed E-state index contributed by atoms with van der Waals surface area (Å²) in [5, 5.41) is 9.28. The van der Waals surface area contributed by atoms with Gasteiger partial charge in [0.1, 0.15) is 30.5 Å². The van der Waals surface area contributed by atoms with Crippen LogP contribution in [0.4, 0.5) is 0 Å². The molecule has 1 unspecified atom stereocenters. The fourth-order valence-corrected chi connectivity index (χ4v) is 4.70. The zero-order valence-electron chi connectivity index (χ0n) is 16.4. The van der Waals surface area contributed by atoms with Crippen LogP contribution in [-0.2, 0) is 32.6 Å². The Morgan fingerprint density at radius 2 is 2.03 bits per heavy atom. The van der Waals surface area contributed by atoms with Crippen molar-refractivity contribution in [3.63, 3.8) is 0 Å². The molecule has 0 saturated carbocycles. The van der Waals surface area contributed by atoms with E-state index in [1.165, 1.54) is 20.4 Å². The molecule has 0 radical (unpaired) electrons. The molecule has 1 aromatic heterocycles. The number of aliphatic hydroxyl groups excluding tert-OH is 1. The fourth-order valence-electron chi connectivity index (χ4n) is 3.51. The fraction of sp³-hybridized carbons (Fsp3) is 0.750. The van der Waals surface area contributed by atoms with Crippen LogP contribution in [0.15, 0.2) is 21.9 Å². The van der Waals surface area contributed by atoms with Crippen LogP contribution in [0.1, 0.15) is 12.6 Å². The Hall–Kier alpha value is -1.41. The predicted octanol–water partition coefficient (Wildman–Crippen LogP) is -1.25. The molecule has 2 aliphatic heterocycles. The molecular weight excluding hydrogens is 427 g/mol. The standard InChI is InChI=1S/C16H25N2O11P/c1-24-8-11-13(29-30(22,23)28-9-4-6-26-10(9)7-19)14(25-2)15(27-11)18-5-3-12(20)17-16(18)21/h3,5,9-11,13-15,19H,4,6-8H2,1-2H3,(H,22,23)(H,17,20,21)/t9-,10+,11+,13+,14+,15+/m0/s1. The van der Waals surface area contributed by atoms with Gasteiger partial charge in [-0.05, 0) is 0 Å². The van der Waals surface area contributed by atoms with E-state index in [9.17, 15) is 24.2 Å². The molecule has 3 N–H and O–H groups in total. The van der Waals surface area contributed by atoms with E-state index in [4.69, 9.17) is 28.0 Å². The number of phosphoric ester groups is 1. The summed E-state index contributed by atoms with van der Waals surface area (Å²) < 4.78 is 45.8. The molecule has 2 saturated heterocycles. The maximum absolute atomic E-state index is 12.7.